The standard InChI is InChI=1S/C32H31F9N4O5/c1-3-21-15-23(22-14-18(30(33,34)35)7-8-25(22)45(21)29(48)50-9-5-4-6-27(47)49-2)43-28-42-16-26(46)24(44-28)12-17-10-19(31(36,37)38)13-20(11-17)32(39,40)41/h7-8,10-11,13-14,16,21,23,46H,3-6,9,12,15H2,1-2H3,(H,42,43,44)/t21-,23+/m1/s1. The zero-order chi connectivity index (χ0) is 37.0. The minimum atomic E-state index is -5.11. The molecular formula is C32H31F9N4O5. The van der Waals surface area contributed by atoms with Gasteiger partial charge in [-0.3, -0.25) is 9.69 Å². The molecule has 0 aliphatic carbocycles. The molecule has 18 heteroatoms. The van der Waals surface area contributed by atoms with Crippen LogP contribution in [0.25, 0.3) is 0 Å². The predicted octanol–water partition coefficient (Wildman–Crippen LogP) is 8.45. The largest absolute Gasteiger partial charge is 0.504 e. The van der Waals surface area contributed by atoms with Gasteiger partial charge in [-0.2, -0.15) is 39.5 Å². The number of rotatable bonds is 10. The Labute approximate surface area is 279 Å². The number of nitrogens with one attached hydrogen (secondary N) is 1. The van der Waals surface area contributed by atoms with E-state index in [1.54, 1.807) is 6.92 Å². The molecule has 0 fully saturated rings. The molecule has 0 unspecified atom stereocenters. The van der Waals surface area contributed by atoms with Gasteiger partial charge in [-0.05, 0) is 73.2 Å². The number of hydrogen-bond acceptors (Lipinski definition) is 8. The summed E-state index contributed by atoms with van der Waals surface area (Å²) < 4.78 is 132. The van der Waals surface area contributed by atoms with E-state index in [1.165, 1.54) is 12.0 Å². The topological polar surface area (TPSA) is 114 Å². The molecule has 2 atom stereocenters. The molecule has 0 bridgehead atoms. The van der Waals surface area contributed by atoms with E-state index in [9.17, 15) is 54.2 Å². The number of hydrogen-bond donors (Lipinski definition) is 2. The maximum atomic E-state index is 13.8. The Hall–Kier alpha value is -4.77. The summed E-state index contributed by atoms with van der Waals surface area (Å²) in [5.74, 6) is -1.40. The van der Waals surface area contributed by atoms with E-state index in [0.717, 1.165) is 24.4 Å². The van der Waals surface area contributed by atoms with Crippen molar-refractivity contribution in [3.05, 3.63) is 76.1 Å². The maximum Gasteiger partial charge on any atom is 0.416 e. The van der Waals surface area contributed by atoms with Crippen LogP contribution in [0.4, 0.5) is 55.9 Å². The van der Waals surface area contributed by atoms with Crippen molar-refractivity contribution in [2.24, 2.45) is 0 Å². The quantitative estimate of drug-likeness (QED) is 0.122. The first kappa shape index (κ1) is 38.0. The number of alkyl halides is 9. The number of fused-ring (bicyclic) bond motifs is 1. The molecule has 2 aromatic carbocycles. The van der Waals surface area contributed by atoms with Gasteiger partial charge >= 0.3 is 30.6 Å². The fourth-order valence-electron chi connectivity index (χ4n) is 5.45. The molecule has 1 aliphatic heterocycles. The van der Waals surface area contributed by atoms with Crippen LogP contribution >= 0.6 is 0 Å². The number of benzene rings is 2. The zero-order valence-electron chi connectivity index (χ0n) is 26.5. The Kier molecular flexibility index (Phi) is 11.4. The Morgan fingerprint density at radius 2 is 1.58 bits per heavy atom. The second-order valence-corrected chi connectivity index (χ2v) is 11.4. The zero-order valence-corrected chi connectivity index (χ0v) is 26.5. The smallest absolute Gasteiger partial charge is 0.416 e. The summed E-state index contributed by atoms with van der Waals surface area (Å²) in [5.41, 5.74) is -4.93. The first-order chi connectivity index (χ1) is 23.3. The lowest BCUT2D eigenvalue weighted by Crippen LogP contribution is -2.46. The Balaban J connectivity index is 1.65. The number of aromatic nitrogens is 2. The third kappa shape index (κ3) is 9.26. The van der Waals surface area contributed by atoms with E-state index < -0.39 is 77.1 Å². The summed E-state index contributed by atoms with van der Waals surface area (Å²) in [6.45, 7) is 1.65. The maximum absolute atomic E-state index is 13.8. The van der Waals surface area contributed by atoms with Crippen molar-refractivity contribution in [1.29, 1.82) is 0 Å². The first-order valence-electron chi connectivity index (χ1n) is 15.2. The molecule has 272 valence electrons. The number of anilines is 2. The van der Waals surface area contributed by atoms with Gasteiger partial charge < -0.3 is 19.9 Å². The second-order valence-electron chi connectivity index (χ2n) is 11.4. The lowest BCUT2D eigenvalue weighted by atomic mass is 9.89. The highest BCUT2D eigenvalue weighted by atomic mass is 19.4. The van der Waals surface area contributed by atoms with Crippen LogP contribution in [0, 0.1) is 0 Å². The average Bonchev–Trinajstić information content (AvgIpc) is 3.04. The van der Waals surface area contributed by atoms with Gasteiger partial charge in [0.2, 0.25) is 5.95 Å². The van der Waals surface area contributed by atoms with Gasteiger partial charge in [0.25, 0.3) is 0 Å². The van der Waals surface area contributed by atoms with Gasteiger partial charge in [-0.1, -0.05) is 6.92 Å². The number of methoxy groups -OCH3 is 1. The van der Waals surface area contributed by atoms with E-state index >= 15 is 0 Å². The van der Waals surface area contributed by atoms with Gasteiger partial charge in [-0.15, -0.1) is 0 Å². The van der Waals surface area contributed by atoms with Crippen LogP contribution in [0.15, 0.2) is 42.6 Å². The molecule has 9 nitrogen and oxygen atoms in total. The molecule has 4 rings (SSSR count). The van der Waals surface area contributed by atoms with Crippen LogP contribution in [-0.2, 0) is 39.2 Å². The van der Waals surface area contributed by atoms with Gasteiger partial charge in [-0.25, -0.2) is 14.8 Å². The Morgan fingerprint density at radius 1 is 0.940 bits per heavy atom. The fraction of sp³-hybridized carbons (Fsp3) is 0.438. The van der Waals surface area contributed by atoms with Crippen LogP contribution in [0.3, 0.4) is 0 Å². The van der Waals surface area contributed by atoms with Gasteiger partial charge in [0.05, 0.1) is 54.0 Å². The van der Waals surface area contributed by atoms with Gasteiger partial charge in [0.1, 0.15) is 0 Å². The molecule has 1 amide bonds. The normalized spacial score (nSPS) is 16.5. The molecule has 0 radical (unpaired) electrons. The highest BCUT2D eigenvalue weighted by Gasteiger charge is 2.40. The van der Waals surface area contributed by atoms with Gasteiger partial charge in [0, 0.05) is 18.9 Å². The third-order valence-corrected chi connectivity index (χ3v) is 7.93. The van der Waals surface area contributed by atoms with E-state index in [2.05, 4.69) is 20.0 Å². The predicted molar refractivity (Wildman–Crippen MR) is 159 cm³/mol. The first-order valence-corrected chi connectivity index (χ1v) is 15.2. The minimum Gasteiger partial charge on any atom is -0.504 e. The molecule has 2 N–H and O–H groups in total. The molecule has 1 aliphatic rings. The SMILES string of the molecule is CC[C@@H]1C[C@H](Nc2ncc(O)c(Cc3cc(C(F)(F)F)cc(C(F)(F)F)c3)n2)c2cc(C(F)(F)F)ccc2N1C(=O)OCCCCC(=O)OC. The molecule has 0 spiro atoms. The van der Waals surface area contributed by atoms with Crippen LogP contribution in [0.2, 0.25) is 0 Å². The molecule has 0 saturated heterocycles. The Morgan fingerprint density at radius 3 is 2.16 bits per heavy atom. The molecule has 50 heavy (non-hydrogen) atoms. The van der Waals surface area contributed by atoms with Crippen LogP contribution in [0.1, 0.15) is 78.6 Å². The average molecular weight is 723 g/mol. The van der Waals surface area contributed by atoms with Crippen molar-refractivity contribution in [1.82, 2.24) is 9.97 Å². The molecule has 0 saturated carbocycles. The van der Waals surface area contributed by atoms with E-state index in [1.807, 2.05) is 0 Å². The van der Waals surface area contributed by atoms with Crippen LogP contribution in [-0.4, -0.2) is 46.9 Å². The number of carbonyl (C=O) groups excluding carboxylic acids is 2. The van der Waals surface area contributed by atoms with E-state index in [-0.39, 0.29) is 48.4 Å². The number of carbonyl (C=O) groups is 2. The molecule has 3 aromatic rings. The summed E-state index contributed by atoms with van der Waals surface area (Å²) in [6.07, 6.45) is -14.6. The van der Waals surface area contributed by atoms with Crippen molar-refractivity contribution in [3.8, 4) is 5.75 Å². The van der Waals surface area contributed by atoms with Crippen LogP contribution in [0.5, 0.6) is 5.75 Å². The number of amides is 1. The summed E-state index contributed by atoms with van der Waals surface area (Å²) in [5, 5.41) is 13.2. The molecule has 1 aromatic heterocycles. The monoisotopic (exact) mass is 722 g/mol. The van der Waals surface area contributed by atoms with Crippen molar-refractivity contribution < 1.29 is 63.7 Å². The molecular weight excluding hydrogens is 691 g/mol. The number of nitrogens with zero attached hydrogens (tertiary/aromatic N) is 3. The van der Waals surface area contributed by atoms with E-state index in [4.69, 9.17) is 4.74 Å². The number of unbranched alkanes of at least 4 members (excludes halogenated alkanes) is 1. The lowest BCUT2D eigenvalue weighted by molar-refractivity contribution is -0.143. The second kappa shape index (κ2) is 15.0. The minimum absolute atomic E-state index is 0.00177. The summed E-state index contributed by atoms with van der Waals surface area (Å²) >= 11 is 0. The summed E-state index contributed by atoms with van der Waals surface area (Å²) in [4.78, 5) is 33.8. The summed E-state index contributed by atoms with van der Waals surface area (Å²) in [7, 11) is 1.23. The number of halogens is 9. The third-order valence-electron chi connectivity index (χ3n) is 7.93. The summed E-state index contributed by atoms with van der Waals surface area (Å²) in [6, 6.07) is 2.06. The highest BCUT2D eigenvalue weighted by molar-refractivity contribution is 5.90. The number of esters is 1. The Bertz CT molecular complexity index is 1660. The van der Waals surface area contributed by atoms with E-state index in [0.29, 0.717) is 31.4 Å². The number of aromatic hydroxyl groups is 1. The van der Waals surface area contributed by atoms with Crippen molar-refractivity contribution >= 4 is 23.7 Å². The van der Waals surface area contributed by atoms with Crippen molar-refractivity contribution in [3.63, 3.8) is 0 Å². The number of ether oxygens (including phenoxy) is 2. The van der Waals surface area contributed by atoms with Crippen molar-refractivity contribution in [2.45, 2.75) is 76.1 Å². The fourth-order valence-corrected chi connectivity index (χ4v) is 5.45. The lowest BCUT2D eigenvalue weighted by Gasteiger charge is -2.40. The van der Waals surface area contributed by atoms with Gasteiger partial charge in [0.15, 0.2) is 5.75 Å². The van der Waals surface area contributed by atoms with Crippen LogP contribution < -0.4 is 10.2 Å². The molecule has 2 heterocycles. The highest BCUT2D eigenvalue weighted by Crippen LogP contribution is 2.43. The van der Waals surface area contributed by atoms with Crippen molar-refractivity contribution in [2.75, 3.05) is 23.9 Å².